The molecule has 1 amide bonds. The first-order valence-electron chi connectivity index (χ1n) is 7.58. The highest BCUT2D eigenvalue weighted by Crippen LogP contribution is 2.56. The fourth-order valence-electron chi connectivity index (χ4n) is 4.11. The molecule has 3 nitrogen and oxygen atoms in total. The van der Waals surface area contributed by atoms with Crippen LogP contribution < -0.4 is 0 Å². The second-order valence-electron chi connectivity index (χ2n) is 6.76. The molecule has 0 N–H and O–H groups in total. The van der Waals surface area contributed by atoms with Crippen molar-refractivity contribution in [2.75, 3.05) is 0 Å². The first-order valence-corrected chi connectivity index (χ1v) is 7.58. The van der Waals surface area contributed by atoms with Crippen LogP contribution in [-0.4, -0.2) is 22.1 Å². The zero-order valence-electron chi connectivity index (χ0n) is 13.1. The van der Waals surface area contributed by atoms with Gasteiger partial charge < -0.3 is 4.74 Å². The van der Waals surface area contributed by atoms with Gasteiger partial charge in [0.15, 0.2) is 0 Å². The van der Waals surface area contributed by atoms with Gasteiger partial charge in [0.1, 0.15) is 5.60 Å². The topological polar surface area (TPSA) is 29.5 Å². The lowest BCUT2D eigenvalue weighted by Gasteiger charge is -2.41. The standard InChI is InChI=1S/C18H23NO2/c1-13(2)15-10-11-17(3)18(15,4)19(16(20)21-17)12-14-8-6-5-7-9-14/h5-9,15H,1,10-12H2,2-4H3. The lowest BCUT2D eigenvalue weighted by atomic mass is 9.76. The number of carbonyl (C=O) groups is 1. The van der Waals surface area contributed by atoms with Gasteiger partial charge in [-0.3, -0.25) is 4.90 Å². The average Bonchev–Trinajstić information content (AvgIpc) is 2.79. The highest BCUT2D eigenvalue weighted by atomic mass is 16.6. The summed E-state index contributed by atoms with van der Waals surface area (Å²) in [6, 6.07) is 10.1. The number of nitrogens with zero attached hydrogens (tertiary/aromatic N) is 1. The normalized spacial score (nSPS) is 34.7. The predicted molar refractivity (Wildman–Crippen MR) is 82.8 cm³/mol. The van der Waals surface area contributed by atoms with Gasteiger partial charge in [-0.25, -0.2) is 4.79 Å². The second-order valence-corrected chi connectivity index (χ2v) is 6.76. The Balaban J connectivity index is 1.99. The van der Waals surface area contributed by atoms with Gasteiger partial charge in [0.05, 0.1) is 5.54 Å². The molecule has 112 valence electrons. The predicted octanol–water partition coefficient (Wildman–Crippen LogP) is 4.14. The van der Waals surface area contributed by atoms with Crippen LogP contribution in [-0.2, 0) is 11.3 Å². The van der Waals surface area contributed by atoms with Crippen molar-refractivity contribution in [2.24, 2.45) is 5.92 Å². The van der Waals surface area contributed by atoms with E-state index >= 15 is 0 Å². The molecule has 21 heavy (non-hydrogen) atoms. The second kappa shape index (κ2) is 4.62. The van der Waals surface area contributed by atoms with E-state index in [-0.39, 0.29) is 17.6 Å². The highest BCUT2D eigenvalue weighted by molar-refractivity contribution is 5.73. The summed E-state index contributed by atoms with van der Waals surface area (Å²) in [6.45, 7) is 11.0. The van der Waals surface area contributed by atoms with Crippen LogP contribution in [0.1, 0.15) is 39.2 Å². The fraction of sp³-hybridized carbons (Fsp3) is 0.500. The number of hydrogen-bond acceptors (Lipinski definition) is 2. The van der Waals surface area contributed by atoms with Crippen LogP contribution in [0.2, 0.25) is 0 Å². The number of carbonyl (C=O) groups excluding carboxylic acids is 1. The van der Waals surface area contributed by atoms with E-state index in [1.807, 2.05) is 23.1 Å². The molecule has 3 heteroatoms. The number of amides is 1. The molecule has 1 aliphatic heterocycles. The van der Waals surface area contributed by atoms with Crippen molar-refractivity contribution in [3.63, 3.8) is 0 Å². The summed E-state index contributed by atoms with van der Waals surface area (Å²) in [4.78, 5) is 14.4. The molecule has 0 aromatic heterocycles. The minimum atomic E-state index is -0.414. The van der Waals surface area contributed by atoms with E-state index in [9.17, 15) is 4.79 Å². The Morgan fingerprint density at radius 3 is 2.67 bits per heavy atom. The van der Waals surface area contributed by atoms with E-state index in [4.69, 9.17) is 4.74 Å². The number of fused-ring (bicyclic) bond motifs is 1. The lowest BCUT2D eigenvalue weighted by Crippen LogP contribution is -2.55. The number of rotatable bonds is 3. The van der Waals surface area contributed by atoms with Crippen LogP contribution in [0.5, 0.6) is 0 Å². The fourth-order valence-corrected chi connectivity index (χ4v) is 4.11. The molecule has 3 rings (SSSR count). The summed E-state index contributed by atoms with van der Waals surface area (Å²) in [6.07, 6.45) is 1.73. The molecular weight excluding hydrogens is 262 g/mol. The third kappa shape index (κ3) is 1.90. The van der Waals surface area contributed by atoms with Crippen molar-refractivity contribution >= 4 is 6.09 Å². The Bertz CT molecular complexity index is 582. The van der Waals surface area contributed by atoms with Crippen molar-refractivity contribution in [2.45, 2.75) is 51.3 Å². The molecule has 0 bridgehead atoms. The number of hydrogen-bond donors (Lipinski definition) is 0. The van der Waals surface area contributed by atoms with Crippen molar-refractivity contribution in [3.8, 4) is 0 Å². The SMILES string of the molecule is C=C(C)C1CCC2(C)OC(=O)N(Cc3ccccc3)C12C. The van der Waals surface area contributed by atoms with Crippen LogP contribution in [0.15, 0.2) is 42.5 Å². The summed E-state index contributed by atoms with van der Waals surface area (Å²) < 4.78 is 5.79. The van der Waals surface area contributed by atoms with E-state index in [0.29, 0.717) is 6.54 Å². The number of ether oxygens (including phenoxy) is 1. The quantitative estimate of drug-likeness (QED) is 0.781. The van der Waals surface area contributed by atoms with E-state index in [2.05, 4.69) is 39.5 Å². The molecule has 3 unspecified atom stereocenters. The molecule has 2 fully saturated rings. The lowest BCUT2D eigenvalue weighted by molar-refractivity contribution is 0.0213. The summed E-state index contributed by atoms with van der Waals surface area (Å²) in [5, 5.41) is 0. The van der Waals surface area contributed by atoms with Crippen molar-refractivity contribution in [1.29, 1.82) is 0 Å². The van der Waals surface area contributed by atoms with Gasteiger partial charge in [-0.2, -0.15) is 0 Å². The largest absolute Gasteiger partial charge is 0.441 e. The molecule has 1 aliphatic carbocycles. The third-order valence-electron chi connectivity index (χ3n) is 5.53. The molecule has 2 aliphatic rings. The molecule has 1 aromatic rings. The van der Waals surface area contributed by atoms with Crippen LogP contribution in [0.25, 0.3) is 0 Å². The Kier molecular flexibility index (Phi) is 3.12. The van der Waals surface area contributed by atoms with Gasteiger partial charge in [0, 0.05) is 12.5 Å². The monoisotopic (exact) mass is 285 g/mol. The average molecular weight is 285 g/mol. The molecule has 1 heterocycles. The zero-order valence-corrected chi connectivity index (χ0v) is 13.1. The Hall–Kier alpha value is -1.77. The van der Waals surface area contributed by atoms with Crippen LogP contribution in [0, 0.1) is 5.92 Å². The minimum absolute atomic E-state index is 0.199. The maximum atomic E-state index is 12.4. The minimum Gasteiger partial charge on any atom is -0.441 e. The van der Waals surface area contributed by atoms with Crippen LogP contribution >= 0.6 is 0 Å². The summed E-state index contributed by atoms with van der Waals surface area (Å²) in [5.74, 6) is 0.290. The van der Waals surface area contributed by atoms with Crippen molar-refractivity contribution in [3.05, 3.63) is 48.0 Å². The Morgan fingerprint density at radius 2 is 2.05 bits per heavy atom. The summed E-state index contributed by atoms with van der Waals surface area (Å²) in [5.41, 5.74) is 1.54. The van der Waals surface area contributed by atoms with Crippen LogP contribution in [0.4, 0.5) is 4.79 Å². The molecule has 1 aromatic carbocycles. The van der Waals surface area contributed by atoms with E-state index in [1.165, 1.54) is 0 Å². The summed E-state index contributed by atoms with van der Waals surface area (Å²) in [7, 11) is 0. The molecule has 0 spiro atoms. The first-order chi connectivity index (χ1) is 9.88. The molecule has 0 radical (unpaired) electrons. The Labute approximate surface area is 126 Å². The molecule has 1 saturated heterocycles. The van der Waals surface area contributed by atoms with Gasteiger partial charge in [-0.05, 0) is 39.2 Å². The maximum Gasteiger partial charge on any atom is 0.411 e. The smallest absolute Gasteiger partial charge is 0.411 e. The zero-order chi connectivity index (χ0) is 15.3. The number of benzene rings is 1. The van der Waals surface area contributed by atoms with Gasteiger partial charge in [0.2, 0.25) is 0 Å². The van der Waals surface area contributed by atoms with E-state index in [1.54, 1.807) is 0 Å². The van der Waals surface area contributed by atoms with Crippen molar-refractivity contribution < 1.29 is 9.53 Å². The molecule has 3 atom stereocenters. The third-order valence-corrected chi connectivity index (χ3v) is 5.53. The maximum absolute atomic E-state index is 12.4. The first kappa shape index (κ1) is 14.2. The van der Waals surface area contributed by atoms with E-state index in [0.717, 1.165) is 24.0 Å². The highest BCUT2D eigenvalue weighted by Gasteiger charge is 2.66. The van der Waals surface area contributed by atoms with Crippen LogP contribution in [0.3, 0.4) is 0 Å². The molecule has 1 saturated carbocycles. The molecular formula is C18H23NO2. The van der Waals surface area contributed by atoms with E-state index < -0.39 is 5.60 Å². The van der Waals surface area contributed by atoms with Crippen molar-refractivity contribution in [1.82, 2.24) is 4.90 Å². The van der Waals surface area contributed by atoms with Gasteiger partial charge in [-0.1, -0.05) is 42.5 Å². The summed E-state index contributed by atoms with van der Waals surface area (Å²) >= 11 is 0. The van der Waals surface area contributed by atoms with Gasteiger partial charge in [-0.15, -0.1) is 0 Å². The van der Waals surface area contributed by atoms with Gasteiger partial charge in [0.25, 0.3) is 0 Å². The Morgan fingerprint density at radius 1 is 1.38 bits per heavy atom. The van der Waals surface area contributed by atoms with Gasteiger partial charge >= 0.3 is 6.09 Å².